The van der Waals surface area contributed by atoms with E-state index < -0.39 is 5.97 Å². The molecule has 0 unspecified atom stereocenters. The van der Waals surface area contributed by atoms with Crippen LogP contribution in [-0.4, -0.2) is 35.1 Å². The van der Waals surface area contributed by atoms with Crippen molar-refractivity contribution < 1.29 is 9.53 Å². The van der Waals surface area contributed by atoms with Crippen LogP contribution in [0, 0.1) is 6.92 Å². The molecule has 0 aliphatic heterocycles. The van der Waals surface area contributed by atoms with E-state index in [1.54, 1.807) is 30.1 Å². The van der Waals surface area contributed by atoms with Gasteiger partial charge >= 0.3 is 5.97 Å². The average Bonchev–Trinajstić information content (AvgIpc) is 2.68. The fourth-order valence-corrected chi connectivity index (χ4v) is 2.65. The molecule has 0 aliphatic rings. The van der Waals surface area contributed by atoms with Crippen molar-refractivity contribution in [3.63, 3.8) is 0 Å². The van der Waals surface area contributed by atoms with Crippen molar-refractivity contribution in [3.8, 4) is 0 Å². The number of aryl methyl sites for hydroxylation is 1. The first kappa shape index (κ1) is 18.1. The van der Waals surface area contributed by atoms with Crippen LogP contribution in [0.15, 0.2) is 48.8 Å². The van der Waals surface area contributed by atoms with E-state index in [9.17, 15) is 4.79 Å². The van der Waals surface area contributed by atoms with Gasteiger partial charge in [0.2, 0.25) is 0 Å². The van der Waals surface area contributed by atoms with Gasteiger partial charge in [0, 0.05) is 12.7 Å². The van der Waals surface area contributed by atoms with Crippen molar-refractivity contribution in [2.45, 2.75) is 6.92 Å². The molecule has 0 saturated carbocycles. The van der Waals surface area contributed by atoms with E-state index in [2.05, 4.69) is 20.3 Å². The summed E-state index contributed by atoms with van der Waals surface area (Å²) in [6, 6.07) is 12.7. The number of hydrogen-bond acceptors (Lipinski definition) is 8. The third-order valence-electron chi connectivity index (χ3n) is 3.99. The minimum atomic E-state index is -0.438. The number of esters is 1. The zero-order chi connectivity index (χ0) is 19.4. The first-order valence-corrected chi connectivity index (χ1v) is 8.23. The van der Waals surface area contributed by atoms with E-state index in [-0.39, 0.29) is 0 Å². The number of nitrogen functional groups attached to an aromatic ring is 1. The van der Waals surface area contributed by atoms with Crippen LogP contribution in [0.3, 0.4) is 0 Å². The van der Waals surface area contributed by atoms with Gasteiger partial charge in [0.05, 0.1) is 18.4 Å². The monoisotopic (exact) mass is 364 g/mol. The number of para-hydroxylation sites is 1. The maximum atomic E-state index is 12.1. The van der Waals surface area contributed by atoms with Gasteiger partial charge in [0.15, 0.2) is 11.6 Å². The van der Waals surface area contributed by atoms with E-state index in [1.165, 1.54) is 13.4 Å². The highest BCUT2D eigenvalue weighted by Crippen LogP contribution is 2.33. The molecule has 3 rings (SSSR count). The molecule has 1 aromatic carbocycles. The number of pyridine rings is 1. The molecule has 0 fully saturated rings. The second kappa shape index (κ2) is 7.69. The molecule has 0 radical (unpaired) electrons. The molecule has 0 spiro atoms. The summed E-state index contributed by atoms with van der Waals surface area (Å²) in [5.41, 5.74) is 8.53. The molecular weight excluding hydrogens is 344 g/mol. The minimum Gasteiger partial charge on any atom is -0.465 e. The maximum Gasteiger partial charge on any atom is 0.339 e. The molecule has 2 aromatic heterocycles. The van der Waals surface area contributed by atoms with Crippen molar-refractivity contribution in [1.82, 2.24) is 15.0 Å². The number of aromatic nitrogens is 3. The lowest BCUT2D eigenvalue weighted by Crippen LogP contribution is -2.18. The highest BCUT2D eigenvalue weighted by Gasteiger charge is 2.19. The number of rotatable bonds is 5. The van der Waals surface area contributed by atoms with Crippen LogP contribution in [0.25, 0.3) is 0 Å². The minimum absolute atomic E-state index is 0.336. The summed E-state index contributed by atoms with van der Waals surface area (Å²) in [5, 5.41) is 3.10. The smallest absolute Gasteiger partial charge is 0.339 e. The molecule has 0 saturated heterocycles. The summed E-state index contributed by atoms with van der Waals surface area (Å²) in [6.45, 7) is 1.90. The number of benzene rings is 1. The zero-order valence-electron chi connectivity index (χ0n) is 15.3. The van der Waals surface area contributed by atoms with Crippen molar-refractivity contribution in [3.05, 3.63) is 60.0 Å². The molecule has 0 bridgehead atoms. The van der Waals surface area contributed by atoms with Gasteiger partial charge in [-0.25, -0.2) is 19.7 Å². The van der Waals surface area contributed by atoms with E-state index in [1.807, 2.05) is 31.2 Å². The third kappa shape index (κ3) is 3.79. The Morgan fingerprint density at radius 1 is 1.15 bits per heavy atom. The van der Waals surface area contributed by atoms with E-state index in [0.29, 0.717) is 34.4 Å². The normalized spacial score (nSPS) is 10.3. The number of nitrogens with zero attached hydrogens (tertiary/aromatic N) is 4. The third-order valence-corrected chi connectivity index (χ3v) is 3.99. The summed E-state index contributed by atoms with van der Waals surface area (Å²) in [4.78, 5) is 26.7. The molecule has 3 N–H and O–H groups in total. The fourth-order valence-electron chi connectivity index (χ4n) is 2.65. The van der Waals surface area contributed by atoms with Crippen LogP contribution < -0.4 is 16.0 Å². The van der Waals surface area contributed by atoms with Gasteiger partial charge in [0.1, 0.15) is 17.8 Å². The van der Waals surface area contributed by atoms with Gasteiger partial charge in [-0.05, 0) is 31.2 Å². The van der Waals surface area contributed by atoms with Gasteiger partial charge in [-0.3, -0.25) is 0 Å². The molecule has 8 nitrogen and oxygen atoms in total. The predicted molar refractivity (Wildman–Crippen MR) is 105 cm³/mol. The SMILES string of the molecule is COC(=O)c1ccccc1N(C)c1ncnc(Nc2cccc(C)n2)c1N. The van der Waals surface area contributed by atoms with Gasteiger partial charge in [0.25, 0.3) is 0 Å². The predicted octanol–water partition coefficient (Wildman–Crippen LogP) is 3.06. The van der Waals surface area contributed by atoms with E-state index in [0.717, 1.165) is 5.69 Å². The standard InChI is InChI=1S/C19H20N6O2/c1-12-7-6-10-15(23-12)24-17-16(20)18(22-11-21-17)25(2)14-9-5-4-8-13(14)19(26)27-3/h4-11H,20H2,1-3H3,(H,21,22,23,24). The molecular formula is C19H20N6O2. The Morgan fingerprint density at radius 3 is 2.67 bits per heavy atom. The maximum absolute atomic E-state index is 12.1. The highest BCUT2D eigenvalue weighted by atomic mass is 16.5. The molecule has 2 heterocycles. The zero-order valence-corrected chi connectivity index (χ0v) is 15.3. The highest BCUT2D eigenvalue weighted by molar-refractivity contribution is 5.97. The number of ether oxygens (including phenoxy) is 1. The van der Waals surface area contributed by atoms with Crippen molar-refractivity contribution in [2.75, 3.05) is 30.1 Å². The number of hydrogen-bond donors (Lipinski definition) is 2. The largest absolute Gasteiger partial charge is 0.465 e. The van der Waals surface area contributed by atoms with Crippen molar-refractivity contribution in [2.24, 2.45) is 0 Å². The van der Waals surface area contributed by atoms with Crippen LogP contribution in [0.5, 0.6) is 0 Å². The van der Waals surface area contributed by atoms with Crippen LogP contribution >= 0.6 is 0 Å². The van der Waals surface area contributed by atoms with Gasteiger partial charge in [-0.1, -0.05) is 18.2 Å². The molecule has 0 atom stereocenters. The first-order chi connectivity index (χ1) is 13.0. The topological polar surface area (TPSA) is 106 Å². The first-order valence-electron chi connectivity index (χ1n) is 8.23. The lowest BCUT2D eigenvalue weighted by molar-refractivity contribution is 0.0601. The number of nitrogens with one attached hydrogen (secondary N) is 1. The second-order valence-corrected chi connectivity index (χ2v) is 5.82. The summed E-state index contributed by atoms with van der Waals surface area (Å²) in [6.07, 6.45) is 1.40. The Hall–Kier alpha value is -3.68. The molecule has 27 heavy (non-hydrogen) atoms. The average molecular weight is 364 g/mol. The van der Waals surface area contributed by atoms with Crippen LogP contribution in [0.4, 0.5) is 28.8 Å². The van der Waals surface area contributed by atoms with Crippen LogP contribution in [-0.2, 0) is 4.74 Å². The van der Waals surface area contributed by atoms with Crippen molar-refractivity contribution in [1.29, 1.82) is 0 Å². The van der Waals surface area contributed by atoms with Crippen molar-refractivity contribution >= 4 is 34.8 Å². The number of carbonyl (C=O) groups is 1. The molecule has 138 valence electrons. The molecule has 0 aliphatic carbocycles. The number of methoxy groups -OCH3 is 1. The lowest BCUT2D eigenvalue weighted by atomic mass is 10.1. The Morgan fingerprint density at radius 2 is 1.93 bits per heavy atom. The fraction of sp³-hybridized carbons (Fsp3) is 0.158. The molecule has 3 aromatic rings. The van der Waals surface area contributed by atoms with Crippen LogP contribution in [0.1, 0.15) is 16.1 Å². The molecule has 8 heteroatoms. The van der Waals surface area contributed by atoms with Crippen LogP contribution in [0.2, 0.25) is 0 Å². The summed E-state index contributed by atoms with van der Waals surface area (Å²) in [7, 11) is 3.12. The number of nitrogens with two attached hydrogens (primary N) is 1. The quantitative estimate of drug-likeness (QED) is 0.665. The lowest BCUT2D eigenvalue weighted by Gasteiger charge is -2.22. The second-order valence-electron chi connectivity index (χ2n) is 5.82. The Kier molecular flexibility index (Phi) is 5.16. The van der Waals surface area contributed by atoms with E-state index >= 15 is 0 Å². The number of carbonyl (C=O) groups excluding carboxylic acids is 1. The number of anilines is 5. The van der Waals surface area contributed by atoms with Gasteiger partial charge in [-0.15, -0.1) is 0 Å². The molecule has 0 amide bonds. The Balaban J connectivity index is 1.97. The van der Waals surface area contributed by atoms with Gasteiger partial charge < -0.3 is 20.7 Å². The summed E-state index contributed by atoms with van der Waals surface area (Å²) >= 11 is 0. The van der Waals surface area contributed by atoms with E-state index in [4.69, 9.17) is 10.5 Å². The summed E-state index contributed by atoms with van der Waals surface area (Å²) in [5.74, 6) is 1.08. The Labute approximate surface area is 157 Å². The van der Waals surface area contributed by atoms with Gasteiger partial charge in [-0.2, -0.15) is 0 Å². The Bertz CT molecular complexity index is 976. The summed E-state index contributed by atoms with van der Waals surface area (Å²) < 4.78 is 4.86.